The van der Waals surface area contributed by atoms with Crippen LogP contribution in [-0.4, -0.2) is 36.4 Å². The molecule has 1 fully saturated rings. The molecule has 0 radical (unpaired) electrons. The maximum absolute atomic E-state index is 12.9. The summed E-state index contributed by atoms with van der Waals surface area (Å²) in [6.07, 6.45) is 1.50. The first-order chi connectivity index (χ1) is 18.3. The number of hydrogen-bond acceptors (Lipinski definition) is 6. The summed E-state index contributed by atoms with van der Waals surface area (Å²) in [5.74, 6) is -0.220. The fraction of sp³-hybridized carbons (Fsp3) is 0.111. The van der Waals surface area contributed by atoms with Crippen LogP contribution in [0, 0.1) is 11.3 Å². The zero-order chi connectivity index (χ0) is 27.2. The third kappa shape index (κ3) is 6.04. The average molecular weight is 640 g/mol. The number of nitrogens with one attached hydrogen (secondary N) is 2. The minimum Gasteiger partial charge on any atom is -0.495 e. The molecule has 2 N–H and O–H groups in total. The largest absolute Gasteiger partial charge is 0.495 e. The van der Waals surface area contributed by atoms with Gasteiger partial charge in [-0.15, -0.1) is 0 Å². The van der Waals surface area contributed by atoms with Crippen LogP contribution in [0.15, 0.2) is 75.3 Å². The zero-order valence-corrected chi connectivity index (χ0v) is 23.1. The number of rotatable bonds is 8. The van der Waals surface area contributed by atoms with Crippen LogP contribution < -0.4 is 20.1 Å². The van der Waals surface area contributed by atoms with Crippen molar-refractivity contribution in [1.82, 2.24) is 10.2 Å². The average Bonchev–Trinajstić information content (AvgIpc) is 3.15. The Bertz CT molecular complexity index is 1480. The van der Waals surface area contributed by atoms with Gasteiger partial charge in [0.1, 0.15) is 30.3 Å². The number of methoxy groups -OCH3 is 1. The summed E-state index contributed by atoms with van der Waals surface area (Å²) in [7, 11) is 1.47. The molecule has 0 aliphatic carbocycles. The van der Waals surface area contributed by atoms with Crippen LogP contribution in [0.25, 0.3) is 6.08 Å². The summed E-state index contributed by atoms with van der Waals surface area (Å²) in [6, 6.07) is 18.8. The van der Waals surface area contributed by atoms with Crippen molar-refractivity contribution in [3.63, 3.8) is 0 Å². The Morgan fingerprint density at radius 3 is 2.50 bits per heavy atom. The first-order valence-electron chi connectivity index (χ1n) is 11.2. The lowest BCUT2D eigenvalue weighted by atomic mass is 10.1. The SMILES string of the molecule is COc1ccccc1NC(=O)CN1C(=O)N/C(=C/c2cc(Br)c(OCc3ccccc3C#N)c(Br)c2)C1=O. The highest BCUT2D eigenvalue weighted by molar-refractivity contribution is 9.11. The van der Waals surface area contributed by atoms with Gasteiger partial charge in [0.15, 0.2) is 0 Å². The monoisotopic (exact) mass is 638 g/mol. The van der Waals surface area contributed by atoms with E-state index in [1.807, 2.05) is 12.1 Å². The van der Waals surface area contributed by atoms with Gasteiger partial charge in [-0.05, 0) is 73.8 Å². The van der Waals surface area contributed by atoms with E-state index in [1.165, 1.54) is 13.2 Å². The molecule has 11 heteroatoms. The summed E-state index contributed by atoms with van der Waals surface area (Å²) in [4.78, 5) is 38.7. The third-order valence-electron chi connectivity index (χ3n) is 5.49. The minimum atomic E-state index is -0.703. The number of urea groups is 1. The van der Waals surface area contributed by atoms with E-state index in [4.69, 9.17) is 9.47 Å². The fourth-order valence-corrected chi connectivity index (χ4v) is 5.12. The van der Waals surface area contributed by atoms with Gasteiger partial charge in [0.2, 0.25) is 5.91 Å². The van der Waals surface area contributed by atoms with E-state index in [2.05, 4.69) is 48.6 Å². The van der Waals surface area contributed by atoms with Gasteiger partial charge >= 0.3 is 6.03 Å². The number of anilines is 1. The summed E-state index contributed by atoms with van der Waals surface area (Å²) < 4.78 is 12.3. The van der Waals surface area contributed by atoms with Gasteiger partial charge in [-0.1, -0.05) is 30.3 Å². The molecule has 0 bridgehead atoms. The molecule has 1 aliphatic heterocycles. The quantitative estimate of drug-likeness (QED) is 0.258. The number of nitrogens with zero attached hydrogens (tertiary/aromatic N) is 2. The molecular weight excluding hydrogens is 620 g/mol. The molecule has 0 unspecified atom stereocenters. The van der Waals surface area contributed by atoms with Crippen LogP contribution in [0.4, 0.5) is 10.5 Å². The predicted octanol–water partition coefficient (Wildman–Crippen LogP) is 5.20. The standard InChI is InChI=1S/C27H20Br2N4O5/c1-37-23-9-5-4-8-21(23)31-24(34)14-33-26(35)22(32-27(33)36)12-16-10-19(28)25(20(29)11-16)38-15-18-7-3-2-6-17(18)13-30/h2-12H,14-15H2,1H3,(H,31,34)(H,32,36)/b22-12+. The lowest BCUT2D eigenvalue weighted by molar-refractivity contribution is -0.127. The van der Waals surface area contributed by atoms with Crippen molar-refractivity contribution in [2.75, 3.05) is 19.0 Å². The highest BCUT2D eigenvalue weighted by Crippen LogP contribution is 2.36. The number of para-hydroxylation sites is 2. The van der Waals surface area contributed by atoms with E-state index in [0.717, 1.165) is 10.5 Å². The lowest BCUT2D eigenvalue weighted by Crippen LogP contribution is -2.38. The number of carbonyl (C=O) groups excluding carboxylic acids is 3. The molecule has 1 heterocycles. The van der Waals surface area contributed by atoms with E-state index < -0.39 is 24.4 Å². The van der Waals surface area contributed by atoms with Crippen LogP contribution in [-0.2, 0) is 16.2 Å². The van der Waals surface area contributed by atoms with Crippen LogP contribution in [0.5, 0.6) is 11.5 Å². The smallest absolute Gasteiger partial charge is 0.329 e. The van der Waals surface area contributed by atoms with Gasteiger partial charge in [-0.25, -0.2) is 9.69 Å². The first-order valence-corrected chi connectivity index (χ1v) is 12.8. The molecule has 38 heavy (non-hydrogen) atoms. The third-order valence-corrected chi connectivity index (χ3v) is 6.66. The molecule has 0 spiro atoms. The zero-order valence-electron chi connectivity index (χ0n) is 20.0. The number of hydrogen-bond donors (Lipinski definition) is 2. The van der Waals surface area contributed by atoms with Gasteiger partial charge in [0.05, 0.1) is 33.4 Å². The molecule has 1 saturated heterocycles. The van der Waals surface area contributed by atoms with Crippen LogP contribution in [0.2, 0.25) is 0 Å². The number of nitriles is 1. The van der Waals surface area contributed by atoms with Crippen LogP contribution >= 0.6 is 31.9 Å². The van der Waals surface area contributed by atoms with Crippen molar-refractivity contribution in [1.29, 1.82) is 5.26 Å². The van der Waals surface area contributed by atoms with Gasteiger partial charge in [0.25, 0.3) is 5.91 Å². The fourth-order valence-electron chi connectivity index (χ4n) is 3.67. The van der Waals surface area contributed by atoms with E-state index >= 15 is 0 Å². The second-order valence-electron chi connectivity index (χ2n) is 8.00. The van der Waals surface area contributed by atoms with Crippen LogP contribution in [0.1, 0.15) is 16.7 Å². The summed E-state index contributed by atoms with van der Waals surface area (Å²) in [5, 5.41) is 14.4. The first kappa shape index (κ1) is 26.9. The highest BCUT2D eigenvalue weighted by Gasteiger charge is 2.35. The van der Waals surface area contributed by atoms with Crippen molar-refractivity contribution in [3.8, 4) is 17.6 Å². The molecular formula is C27H20Br2N4O5. The topological polar surface area (TPSA) is 121 Å². The van der Waals surface area contributed by atoms with E-state index in [-0.39, 0.29) is 12.3 Å². The number of ether oxygens (including phenoxy) is 2. The second kappa shape index (κ2) is 11.9. The van der Waals surface area contributed by atoms with Gasteiger partial charge < -0.3 is 20.1 Å². The van der Waals surface area contributed by atoms with Crippen molar-refractivity contribution >= 4 is 61.5 Å². The number of halogens is 2. The van der Waals surface area contributed by atoms with Gasteiger partial charge in [-0.3, -0.25) is 9.59 Å². The van der Waals surface area contributed by atoms with E-state index in [9.17, 15) is 19.6 Å². The lowest BCUT2D eigenvalue weighted by Gasteiger charge is -2.13. The maximum Gasteiger partial charge on any atom is 0.329 e. The Morgan fingerprint density at radius 1 is 1.11 bits per heavy atom. The van der Waals surface area contributed by atoms with E-state index in [0.29, 0.717) is 37.3 Å². The second-order valence-corrected chi connectivity index (χ2v) is 9.71. The van der Waals surface area contributed by atoms with Crippen molar-refractivity contribution in [2.24, 2.45) is 0 Å². The van der Waals surface area contributed by atoms with Crippen molar-refractivity contribution in [2.45, 2.75) is 6.61 Å². The number of imide groups is 1. The molecule has 3 aromatic rings. The van der Waals surface area contributed by atoms with Crippen molar-refractivity contribution in [3.05, 3.63) is 92.0 Å². The molecule has 192 valence electrons. The summed E-state index contributed by atoms with van der Waals surface area (Å²) in [6.45, 7) is -0.286. The van der Waals surface area contributed by atoms with Crippen molar-refractivity contribution < 1.29 is 23.9 Å². The Morgan fingerprint density at radius 2 is 1.79 bits per heavy atom. The molecule has 0 aromatic heterocycles. The molecule has 3 aromatic carbocycles. The maximum atomic E-state index is 12.9. The molecule has 0 saturated carbocycles. The molecule has 1 aliphatic rings. The normalized spacial score (nSPS) is 13.7. The Labute approximate surface area is 235 Å². The molecule has 4 rings (SSSR count). The molecule has 9 nitrogen and oxygen atoms in total. The molecule has 4 amide bonds. The summed E-state index contributed by atoms with van der Waals surface area (Å²) in [5.41, 5.74) is 2.32. The van der Waals surface area contributed by atoms with E-state index in [1.54, 1.807) is 48.5 Å². The number of benzene rings is 3. The van der Waals surface area contributed by atoms with Gasteiger partial charge in [-0.2, -0.15) is 5.26 Å². The predicted molar refractivity (Wildman–Crippen MR) is 147 cm³/mol. The number of amides is 4. The molecule has 0 atom stereocenters. The van der Waals surface area contributed by atoms with Crippen LogP contribution in [0.3, 0.4) is 0 Å². The highest BCUT2D eigenvalue weighted by atomic mass is 79.9. The Balaban J connectivity index is 1.45. The minimum absolute atomic E-state index is 0.0236. The summed E-state index contributed by atoms with van der Waals surface area (Å²) >= 11 is 6.95. The number of carbonyl (C=O) groups is 3. The van der Waals surface area contributed by atoms with Gasteiger partial charge in [0, 0.05) is 5.56 Å². The Kier molecular flexibility index (Phi) is 8.45. The Hall–Kier alpha value is -4.14.